The van der Waals surface area contributed by atoms with Crippen LogP contribution in [-0.4, -0.2) is 27.9 Å². The number of aliphatic carboxylic acids is 1. The van der Waals surface area contributed by atoms with Gasteiger partial charge in [0.25, 0.3) is 0 Å². The van der Waals surface area contributed by atoms with Crippen LogP contribution in [0.5, 0.6) is 0 Å². The van der Waals surface area contributed by atoms with Gasteiger partial charge in [-0.25, -0.2) is 0 Å². The van der Waals surface area contributed by atoms with E-state index in [0.29, 0.717) is 5.75 Å². The van der Waals surface area contributed by atoms with Crippen LogP contribution in [0.4, 0.5) is 0 Å². The molecule has 1 unspecified atom stereocenters. The number of carbonyl (C=O) groups is 1. The average molecular weight is 341 g/mol. The summed E-state index contributed by atoms with van der Waals surface area (Å²) in [5.74, 6) is -0.649. The van der Waals surface area contributed by atoms with Crippen molar-refractivity contribution in [3.05, 3.63) is 34.4 Å². The van der Waals surface area contributed by atoms with Crippen LogP contribution in [0.15, 0.2) is 33.6 Å². The summed E-state index contributed by atoms with van der Waals surface area (Å²) in [7, 11) is 0. The van der Waals surface area contributed by atoms with E-state index in [-0.39, 0.29) is 0 Å². The number of aromatic nitrogens is 1. The van der Waals surface area contributed by atoms with Crippen LogP contribution in [0.25, 0.3) is 10.9 Å². The minimum atomic E-state index is -0.983. The van der Waals surface area contributed by atoms with Gasteiger partial charge in [0.15, 0.2) is 0 Å². The van der Waals surface area contributed by atoms with E-state index in [1.165, 1.54) is 11.8 Å². The fraction of sp³-hybridized carbons (Fsp3) is 0.231. The van der Waals surface area contributed by atoms with Gasteiger partial charge in [0.2, 0.25) is 0 Å². The lowest BCUT2D eigenvalue weighted by Gasteiger charge is -2.10. The van der Waals surface area contributed by atoms with Gasteiger partial charge in [-0.2, -0.15) is 0 Å². The molecule has 6 heteroatoms. The number of hydrogen-bond donors (Lipinski definition) is 2. The summed E-state index contributed by atoms with van der Waals surface area (Å²) >= 11 is 4.88. The van der Waals surface area contributed by atoms with Crippen molar-refractivity contribution in [2.45, 2.75) is 17.9 Å². The van der Waals surface area contributed by atoms with Crippen LogP contribution in [-0.2, 0) is 4.79 Å². The highest BCUT2D eigenvalue weighted by atomic mass is 79.9. The molecule has 0 aliphatic rings. The van der Waals surface area contributed by atoms with E-state index in [9.17, 15) is 4.79 Å². The smallest absolute Gasteiger partial charge is 0.321 e. The third-order valence-electron chi connectivity index (χ3n) is 2.60. The van der Waals surface area contributed by atoms with E-state index in [1.54, 1.807) is 0 Å². The van der Waals surface area contributed by atoms with Gasteiger partial charge >= 0.3 is 5.97 Å². The zero-order chi connectivity index (χ0) is 14.0. The molecule has 4 nitrogen and oxygen atoms in total. The number of aryl methyl sites for hydroxylation is 1. The van der Waals surface area contributed by atoms with Crippen LogP contribution in [0.2, 0.25) is 0 Å². The predicted octanol–water partition coefficient (Wildman–Crippen LogP) is 2.81. The molecule has 0 amide bonds. The number of benzene rings is 1. The quantitative estimate of drug-likeness (QED) is 0.837. The summed E-state index contributed by atoms with van der Waals surface area (Å²) in [6, 6.07) is 6.95. The second kappa shape index (κ2) is 5.90. The van der Waals surface area contributed by atoms with E-state index in [2.05, 4.69) is 20.9 Å². The van der Waals surface area contributed by atoms with Crippen molar-refractivity contribution in [3.63, 3.8) is 0 Å². The highest BCUT2D eigenvalue weighted by Crippen LogP contribution is 2.30. The summed E-state index contributed by atoms with van der Waals surface area (Å²) in [6.45, 7) is 1.92. The first kappa shape index (κ1) is 14.3. The number of thioether (sulfide) groups is 1. The largest absolute Gasteiger partial charge is 0.480 e. The Balaban J connectivity index is 2.36. The van der Waals surface area contributed by atoms with Crippen LogP contribution in [0.1, 0.15) is 5.69 Å². The number of hydrogen-bond acceptors (Lipinski definition) is 4. The summed E-state index contributed by atoms with van der Waals surface area (Å²) in [5.41, 5.74) is 7.33. The van der Waals surface area contributed by atoms with Gasteiger partial charge in [0.05, 0.1) is 5.52 Å². The third-order valence-corrected chi connectivity index (χ3v) is 4.26. The zero-order valence-corrected chi connectivity index (χ0v) is 12.7. The Morgan fingerprint density at radius 1 is 1.53 bits per heavy atom. The van der Waals surface area contributed by atoms with Gasteiger partial charge in [0.1, 0.15) is 6.04 Å². The van der Waals surface area contributed by atoms with Crippen LogP contribution >= 0.6 is 27.7 Å². The number of carboxylic acids is 1. The lowest BCUT2D eigenvalue weighted by atomic mass is 10.2. The number of pyridine rings is 1. The number of halogens is 1. The summed E-state index contributed by atoms with van der Waals surface area (Å²) in [4.78, 5) is 16.2. The highest BCUT2D eigenvalue weighted by molar-refractivity contribution is 9.10. The number of nitrogens with two attached hydrogens (primary N) is 1. The van der Waals surface area contributed by atoms with E-state index in [1.807, 2.05) is 31.2 Å². The normalized spacial score (nSPS) is 12.6. The minimum Gasteiger partial charge on any atom is -0.480 e. The molecule has 0 radical (unpaired) electrons. The minimum absolute atomic E-state index is 0.334. The summed E-state index contributed by atoms with van der Waals surface area (Å²) in [5, 5.41) is 9.82. The molecule has 1 aromatic heterocycles. The van der Waals surface area contributed by atoms with Crippen molar-refractivity contribution in [2.24, 2.45) is 5.73 Å². The van der Waals surface area contributed by atoms with Crippen molar-refractivity contribution in [1.29, 1.82) is 0 Å². The van der Waals surface area contributed by atoms with Gasteiger partial charge < -0.3 is 10.8 Å². The van der Waals surface area contributed by atoms with E-state index >= 15 is 0 Å². The number of fused-ring (bicyclic) bond motifs is 1. The molecule has 0 fully saturated rings. The molecule has 0 aliphatic carbocycles. The predicted molar refractivity (Wildman–Crippen MR) is 80.5 cm³/mol. The molecule has 0 spiro atoms. The molecule has 0 saturated carbocycles. The molecule has 19 heavy (non-hydrogen) atoms. The molecular weight excluding hydrogens is 328 g/mol. The van der Waals surface area contributed by atoms with Crippen molar-refractivity contribution in [3.8, 4) is 0 Å². The molecule has 1 heterocycles. The van der Waals surface area contributed by atoms with Gasteiger partial charge in [0, 0.05) is 26.2 Å². The first-order valence-corrected chi connectivity index (χ1v) is 7.43. The zero-order valence-electron chi connectivity index (χ0n) is 10.3. The van der Waals surface area contributed by atoms with Gasteiger partial charge in [-0.3, -0.25) is 9.78 Å². The molecule has 1 aromatic carbocycles. The number of nitrogens with zero attached hydrogens (tertiary/aromatic N) is 1. The molecule has 100 valence electrons. The summed E-state index contributed by atoms with van der Waals surface area (Å²) < 4.78 is 0.968. The molecule has 0 bridgehead atoms. The highest BCUT2D eigenvalue weighted by Gasteiger charge is 2.13. The van der Waals surface area contributed by atoms with Gasteiger partial charge in [-0.05, 0) is 31.2 Å². The lowest BCUT2D eigenvalue weighted by Crippen LogP contribution is -2.32. The van der Waals surface area contributed by atoms with E-state index in [4.69, 9.17) is 10.8 Å². The number of rotatable bonds is 4. The maximum Gasteiger partial charge on any atom is 0.321 e. The van der Waals surface area contributed by atoms with Crippen LogP contribution < -0.4 is 5.73 Å². The lowest BCUT2D eigenvalue weighted by molar-refractivity contribution is -0.137. The molecule has 2 rings (SSSR count). The third kappa shape index (κ3) is 3.46. The molecule has 2 aromatic rings. The van der Waals surface area contributed by atoms with Crippen molar-refractivity contribution in [2.75, 3.05) is 5.75 Å². The molecule has 0 saturated heterocycles. The van der Waals surface area contributed by atoms with E-state index in [0.717, 1.165) is 26.0 Å². The van der Waals surface area contributed by atoms with E-state index < -0.39 is 12.0 Å². The standard InChI is InChI=1S/C13H13BrN2O2S/c1-7-4-12(19-6-10(15)13(17)18)9-5-8(14)2-3-11(9)16-7/h2-5,10H,6,15H2,1H3,(H,17,18). The van der Waals surface area contributed by atoms with Gasteiger partial charge in [-0.15, -0.1) is 11.8 Å². The Morgan fingerprint density at radius 3 is 2.95 bits per heavy atom. The molecule has 3 N–H and O–H groups in total. The van der Waals surface area contributed by atoms with Crippen LogP contribution in [0, 0.1) is 6.92 Å². The first-order valence-electron chi connectivity index (χ1n) is 5.65. The van der Waals surface area contributed by atoms with Crippen molar-refractivity contribution in [1.82, 2.24) is 4.98 Å². The Labute approximate surface area is 123 Å². The second-order valence-corrected chi connectivity index (χ2v) is 6.16. The fourth-order valence-electron chi connectivity index (χ4n) is 1.66. The Bertz CT molecular complexity index is 633. The summed E-state index contributed by atoms with van der Waals surface area (Å²) in [6.07, 6.45) is 0. The molecule has 1 atom stereocenters. The first-order chi connectivity index (χ1) is 8.97. The maximum absolute atomic E-state index is 10.7. The Kier molecular flexibility index (Phi) is 4.44. The Hall–Kier alpha value is -1.11. The topological polar surface area (TPSA) is 76.2 Å². The van der Waals surface area contributed by atoms with Crippen molar-refractivity contribution >= 4 is 44.6 Å². The Morgan fingerprint density at radius 2 is 2.26 bits per heavy atom. The van der Waals surface area contributed by atoms with Crippen LogP contribution in [0.3, 0.4) is 0 Å². The second-order valence-electron chi connectivity index (χ2n) is 4.18. The SMILES string of the molecule is Cc1cc(SCC(N)C(=O)O)c2cc(Br)ccc2n1. The average Bonchev–Trinajstić information content (AvgIpc) is 2.36. The van der Waals surface area contributed by atoms with Crippen molar-refractivity contribution < 1.29 is 9.90 Å². The molecular formula is C13H13BrN2O2S. The fourth-order valence-corrected chi connectivity index (χ4v) is 3.10. The number of carboxylic acid groups (broad SMARTS) is 1. The maximum atomic E-state index is 10.7. The van der Waals surface area contributed by atoms with Gasteiger partial charge in [-0.1, -0.05) is 15.9 Å². The monoisotopic (exact) mass is 340 g/mol. The molecule has 0 aliphatic heterocycles.